The van der Waals surface area contributed by atoms with Gasteiger partial charge in [-0.05, 0) is 54.1 Å². The highest BCUT2D eigenvalue weighted by Crippen LogP contribution is 2.36. The van der Waals surface area contributed by atoms with E-state index in [2.05, 4.69) is 26.6 Å². The number of amides is 2. The molecule has 2 amide bonds. The van der Waals surface area contributed by atoms with E-state index in [1.54, 1.807) is 24.3 Å². The van der Waals surface area contributed by atoms with Crippen molar-refractivity contribution in [1.29, 1.82) is 0 Å². The molecule has 3 aromatic rings. The fraction of sp³-hybridized carbons (Fsp3) is 0.0909. The van der Waals surface area contributed by atoms with Crippen molar-refractivity contribution >= 4 is 62.3 Å². The van der Waals surface area contributed by atoms with Gasteiger partial charge < -0.3 is 10.6 Å². The van der Waals surface area contributed by atoms with E-state index in [4.69, 9.17) is 29.0 Å². The van der Waals surface area contributed by atoms with Gasteiger partial charge in [-0.1, -0.05) is 57.3 Å². The van der Waals surface area contributed by atoms with Crippen molar-refractivity contribution in [1.82, 2.24) is 5.43 Å². The molecule has 0 saturated carbocycles. The number of halogens is 3. The number of hydrogen-bond acceptors (Lipinski definition) is 4. The highest BCUT2D eigenvalue weighted by Gasteiger charge is 2.26. The third-order valence-electron chi connectivity index (χ3n) is 4.52. The number of benzene rings is 3. The van der Waals surface area contributed by atoms with Gasteiger partial charge in [0, 0.05) is 37.9 Å². The Morgan fingerprint density at radius 1 is 1.06 bits per heavy atom. The standard InChI is InChI=1S/C15H11Cl2NO.C7H8BrN3O/c16-9-5-6-10(12(17)7-9)14-8-15(19)11-3-1-2-4-13(11)18-14;8-5-1-3-6(4-2-5)10-7(12)11-9/h1-7,14,18H,8H2;1-4H,9H2,(H2,10,11,12). The topological polar surface area (TPSA) is 96.2 Å². The van der Waals surface area contributed by atoms with E-state index in [0.29, 0.717) is 22.2 Å². The van der Waals surface area contributed by atoms with Crippen molar-refractivity contribution in [2.24, 2.45) is 5.84 Å². The number of hydrazine groups is 1. The molecule has 31 heavy (non-hydrogen) atoms. The quantitative estimate of drug-likeness (QED) is 0.184. The van der Waals surface area contributed by atoms with E-state index >= 15 is 0 Å². The smallest absolute Gasteiger partial charge is 0.333 e. The van der Waals surface area contributed by atoms with Crippen molar-refractivity contribution in [3.63, 3.8) is 0 Å². The average molecular weight is 522 g/mol. The molecular formula is C22H19BrCl2N4O2. The zero-order valence-corrected chi connectivity index (χ0v) is 19.3. The molecule has 0 spiro atoms. The Bertz CT molecular complexity index is 1090. The third-order valence-corrected chi connectivity index (χ3v) is 5.61. The molecule has 1 unspecified atom stereocenters. The molecule has 0 bridgehead atoms. The summed E-state index contributed by atoms with van der Waals surface area (Å²) in [7, 11) is 0. The summed E-state index contributed by atoms with van der Waals surface area (Å²) in [4.78, 5) is 22.8. The van der Waals surface area contributed by atoms with Crippen LogP contribution in [0.2, 0.25) is 10.0 Å². The average Bonchev–Trinajstić information content (AvgIpc) is 2.76. The van der Waals surface area contributed by atoms with Gasteiger partial charge in [0.2, 0.25) is 0 Å². The molecule has 5 N–H and O–H groups in total. The SMILES string of the molecule is NNC(=O)Nc1ccc(Br)cc1.O=C1CC(c2ccc(Cl)cc2Cl)Nc2ccccc21. The van der Waals surface area contributed by atoms with Crippen LogP contribution in [-0.4, -0.2) is 11.8 Å². The van der Waals surface area contributed by atoms with Crippen molar-refractivity contribution < 1.29 is 9.59 Å². The van der Waals surface area contributed by atoms with Crippen LogP contribution in [0.1, 0.15) is 28.4 Å². The number of carbonyl (C=O) groups is 2. The zero-order valence-electron chi connectivity index (χ0n) is 16.2. The van der Waals surface area contributed by atoms with Crippen LogP contribution in [0.5, 0.6) is 0 Å². The highest BCUT2D eigenvalue weighted by atomic mass is 79.9. The van der Waals surface area contributed by atoms with Gasteiger partial charge in [-0.3, -0.25) is 10.2 Å². The molecule has 0 saturated heterocycles. The van der Waals surface area contributed by atoms with E-state index in [-0.39, 0.29) is 11.8 Å². The first-order valence-electron chi connectivity index (χ1n) is 9.24. The number of anilines is 2. The maximum atomic E-state index is 12.1. The lowest BCUT2D eigenvalue weighted by Gasteiger charge is -2.27. The van der Waals surface area contributed by atoms with E-state index in [1.807, 2.05) is 47.9 Å². The van der Waals surface area contributed by atoms with Gasteiger partial charge in [0.05, 0.1) is 6.04 Å². The Kier molecular flexibility index (Phi) is 7.92. The minimum atomic E-state index is -0.433. The van der Waals surface area contributed by atoms with E-state index < -0.39 is 6.03 Å². The fourth-order valence-corrected chi connectivity index (χ4v) is 3.86. The maximum Gasteiger partial charge on any atom is 0.333 e. The molecule has 1 aliphatic rings. The molecule has 4 rings (SSSR count). The first-order valence-corrected chi connectivity index (χ1v) is 10.8. The largest absolute Gasteiger partial charge is 0.377 e. The van der Waals surface area contributed by atoms with Crippen LogP contribution in [0.15, 0.2) is 71.2 Å². The van der Waals surface area contributed by atoms with Crippen molar-refractivity contribution in [2.75, 3.05) is 10.6 Å². The minimum absolute atomic E-state index is 0.104. The second-order valence-corrected chi connectivity index (χ2v) is 8.40. The number of ketones is 1. The van der Waals surface area contributed by atoms with Crippen molar-refractivity contribution in [3.05, 3.63) is 92.4 Å². The number of para-hydroxylation sites is 1. The van der Waals surface area contributed by atoms with Crippen LogP contribution in [0, 0.1) is 0 Å². The van der Waals surface area contributed by atoms with Gasteiger partial charge in [0.15, 0.2) is 5.78 Å². The first-order chi connectivity index (χ1) is 14.9. The summed E-state index contributed by atoms with van der Waals surface area (Å²) in [5, 5.41) is 7.05. The molecule has 3 aromatic carbocycles. The molecule has 1 heterocycles. The summed E-state index contributed by atoms with van der Waals surface area (Å²) in [5.74, 6) is 5.01. The normalized spacial score (nSPS) is 14.5. The summed E-state index contributed by atoms with van der Waals surface area (Å²) in [6.45, 7) is 0. The Morgan fingerprint density at radius 2 is 1.77 bits per heavy atom. The Labute approximate surface area is 198 Å². The molecule has 0 radical (unpaired) electrons. The van der Waals surface area contributed by atoms with Gasteiger partial charge in [0.25, 0.3) is 0 Å². The number of urea groups is 1. The molecular weight excluding hydrogens is 503 g/mol. The predicted octanol–water partition coefficient (Wildman–Crippen LogP) is 6.18. The number of carbonyl (C=O) groups excluding carboxylic acids is 2. The van der Waals surface area contributed by atoms with Gasteiger partial charge in [-0.25, -0.2) is 10.6 Å². The fourth-order valence-electron chi connectivity index (χ4n) is 3.06. The van der Waals surface area contributed by atoms with Crippen LogP contribution < -0.4 is 21.9 Å². The summed E-state index contributed by atoms with van der Waals surface area (Å²) in [5.41, 5.74) is 5.15. The molecule has 1 aliphatic heterocycles. The van der Waals surface area contributed by atoms with Gasteiger partial charge >= 0.3 is 6.03 Å². The van der Waals surface area contributed by atoms with Crippen LogP contribution >= 0.6 is 39.1 Å². The van der Waals surface area contributed by atoms with Gasteiger partial charge in [-0.15, -0.1) is 0 Å². The molecule has 6 nitrogen and oxygen atoms in total. The number of rotatable bonds is 2. The summed E-state index contributed by atoms with van der Waals surface area (Å²) >= 11 is 15.4. The predicted molar refractivity (Wildman–Crippen MR) is 129 cm³/mol. The monoisotopic (exact) mass is 520 g/mol. The number of Topliss-reactive ketones (excluding diaryl/α,β-unsaturated/α-hetero) is 1. The third kappa shape index (κ3) is 6.21. The molecule has 0 aromatic heterocycles. The number of nitrogens with one attached hydrogen (secondary N) is 3. The summed E-state index contributed by atoms with van der Waals surface area (Å²) in [6, 6.07) is 19.5. The Hall–Kier alpha value is -2.58. The highest BCUT2D eigenvalue weighted by molar-refractivity contribution is 9.10. The number of nitrogens with two attached hydrogens (primary N) is 1. The van der Waals surface area contributed by atoms with E-state index in [9.17, 15) is 9.59 Å². The Morgan fingerprint density at radius 3 is 2.45 bits per heavy atom. The van der Waals surface area contributed by atoms with Crippen LogP contribution in [0.25, 0.3) is 0 Å². The molecule has 9 heteroatoms. The van der Waals surface area contributed by atoms with Crippen LogP contribution in [-0.2, 0) is 0 Å². The first kappa shape index (κ1) is 23.1. The molecule has 1 atom stereocenters. The van der Waals surface area contributed by atoms with Crippen molar-refractivity contribution in [2.45, 2.75) is 12.5 Å². The number of hydrogen-bond donors (Lipinski definition) is 4. The van der Waals surface area contributed by atoms with E-state index in [1.165, 1.54) is 0 Å². The maximum absolute atomic E-state index is 12.1. The lowest BCUT2D eigenvalue weighted by molar-refractivity contribution is 0.0972. The van der Waals surface area contributed by atoms with Gasteiger partial charge in [-0.2, -0.15) is 0 Å². The summed E-state index contributed by atoms with van der Waals surface area (Å²) in [6.07, 6.45) is 0.401. The van der Waals surface area contributed by atoms with Crippen LogP contribution in [0.3, 0.4) is 0 Å². The van der Waals surface area contributed by atoms with E-state index in [0.717, 1.165) is 21.3 Å². The molecule has 160 valence electrons. The second-order valence-electron chi connectivity index (χ2n) is 6.64. The summed E-state index contributed by atoms with van der Waals surface area (Å²) < 4.78 is 0.959. The van der Waals surface area contributed by atoms with Crippen molar-refractivity contribution in [3.8, 4) is 0 Å². The Balaban J connectivity index is 0.000000196. The number of fused-ring (bicyclic) bond motifs is 1. The minimum Gasteiger partial charge on any atom is -0.377 e. The molecule has 0 fully saturated rings. The lowest BCUT2D eigenvalue weighted by atomic mass is 9.92. The molecule has 0 aliphatic carbocycles. The zero-order chi connectivity index (χ0) is 22.4. The van der Waals surface area contributed by atoms with Crippen LogP contribution in [0.4, 0.5) is 16.2 Å². The lowest BCUT2D eigenvalue weighted by Crippen LogP contribution is -2.34. The van der Waals surface area contributed by atoms with Gasteiger partial charge in [0.1, 0.15) is 0 Å². The second kappa shape index (κ2) is 10.6.